The maximum Gasteiger partial charge on any atom is 0.283 e. The van der Waals surface area contributed by atoms with E-state index in [0.29, 0.717) is 29.7 Å². The minimum atomic E-state index is -0.183. The summed E-state index contributed by atoms with van der Waals surface area (Å²) >= 11 is 3.22. The van der Waals surface area contributed by atoms with Crippen molar-refractivity contribution < 1.29 is 4.79 Å². The van der Waals surface area contributed by atoms with Crippen LogP contribution in [0.5, 0.6) is 0 Å². The molecule has 2 N–H and O–H groups in total. The predicted octanol–water partition coefficient (Wildman–Crippen LogP) is 0.574. The molecule has 6 nitrogen and oxygen atoms in total. The quantitative estimate of drug-likeness (QED) is 0.834. The van der Waals surface area contributed by atoms with Crippen LogP contribution in [0.2, 0.25) is 0 Å². The lowest BCUT2D eigenvalue weighted by molar-refractivity contribution is -0.120. The Morgan fingerprint density at radius 2 is 2.29 bits per heavy atom. The van der Waals surface area contributed by atoms with Crippen LogP contribution in [0.4, 0.5) is 5.69 Å². The number of carbonyl (C=O) groups excluding carboxylic acids is 1. The van der Waals surface area contributed by atoms with E-state index in [2.05, 4.69) is 31.7 Å². The van der Waals surface area contributed by atoms with Gasteiger partial charge in [0.25, 0.3) is 5.56 Å². The van der Waals surface area contributed by atoms with E-state index < -0.39 is 0 Å². The number of halogens is 1. The fourth-order valence-electron chi connectivity index (χ4n) is 1.25. The number of carbonyl (C=O) groups is 1. The first-order valence-electron chi connectivity index (χ1n) is 5.30. The Kier molecular flexibility index (Phi) is 5.14. The van der Waals surface area contributed by atoms with Gasteiger partial charge in [0.2, 0.25) is 5.91 Å². The number of hydrogen-bond acceptors (Lipinski definition) is 4. The zero-order valence-electron chi connectivity index (χ0n) is 9.79. The first-order valence-corrected chi connectivity index (χ1v) is 6.09. The van der Waals surface area contributed by atoms with Gasteiger partial charge in [0.15, 0.2) is 0 Å². The van der Waals surface area contributed by atoms with Crippen LogP contribution < -0.4 is 16.2 Å². The third-order valence-electron chi connectivity index (χ3n) is 2.23. The lowest BCUT2D eigenvalue weighted by Crippen LogP contribution is -2.25. The summed E-state index contributed by atoms with van der Waals surface area (Å²) in [5.74, 6) is -0.0523. The molecule has 0 fully saturated rings. The molecule has 1 heterocycles. The van der Waals surface area contributed by atoms with E-state index in [9.17, 15) is 9.59 Å². The molecule has 7 heteroatoms. The van der Waals surface area contributed by atoms with Gasteiger partial charge in [0.1, 0.15) is 4.47 Å². The number of nitrogens with zero attached hydrogens (tertiary/aromatic N) is 2. The maximum atomic E-state index is 11.7. The standard InChI is InChI=1S/C10H15BrN4O2/c1-3-15-10(17)9(11)7(6-14-15)13-5-4-8(16)12-2/h6,13H,3-5H2,1-2H3,(H,12,16). The van der Waals surface area contributed by atoms with Crippen molar-refractivity contribution in [2.45, 2.75) is 19.9 Å². The van der Waals surface area contributed by atoms with Crippen molar-refractivity contribution in [2.24, 2.45) is 0 Å². The third-order valence-corrected chi connectivity index (χ3v) is 3.00. The van der Waals surface area contributed by atoms with Crippen LogP contribution >= 0.6 is 15.9 Å². The van der Waals surface area contributed by atoms with Crippen LogP contribution in [-0.4, -0.2) is 29.3 Å². The van der Waals surface area contributed by atoms with Crippen molar-refractivity contribution in [3.8, 4) is 0 Å². The highest BCUT2D eigenvalue weighted by molar-refractivity contribution is 9.10. The fraction of sp³-hybridized carbons (Fsp3) is 0.500. The maximum absolute atomic E-state index is 11.7. The molecular formula is C10H15BrN4O2. The number of hydrogen-bond donors (Lipinski definition) is 2. The highest BCUT2D eigenvalue weighted by Gasteiger charge is 2.07. The summed E-state index contributed by atoms with van der Waals surface area (Å²) in [5, 5.41) is 9.50. The normalized spacial score (nSPS) is 10.1. The molecule has 1 aromatic rings. The van der Waals surface area contributed by atoms with Crippen molar-refractivity contribution in [1.29, 1.82) is 0 Å². The molecule has 0 aromatic carbocycles. The van der Waals surface area contributed by atoms with Crippen molar-refractivity contribution in [1.82, 2.24) is 15.1 Å². The average molecular weight is 303 g/mol. The fourth-order valence-corrected chi connectivity index (χ4v) is 1.70. The predicted molar refractivity (Wildman–Crippen MR) is 69.0 cm³/mol. The molecule has 0 radical (unpaired) electrons. The zero-order valence-corrected chi connectivity index (χ0v) is 11.4. The number of aromatic nitrogens is 2. The van der Waals surface area contributed by atoms with Gasteiger partial charge in [-0.1, -0.05) is 0 Å². The SMILES string of the molecule is CCn1ncc(NCCC(=O)NC)c(Br)c1=O. The molecule has 1 amide bonds. The summed E-state index contributed by atoms with van der Waals surface area (Å²) in [4.78, 5) is 22.7. The molecule has 94 valence electrons. The lowest BCUT2D eigenvalue weighted by atomic mass is 10.3. The van der Waals surface area contributed by atoms with Gasteiger partial charge in [-0.2, -0.15) is 5.10 Å². The van der Waals surface area contributed by atoms with Gasteiger partial charge < -0.3 is 10.6 Å². The Bertz CT molecular complexity index is 458. The second kappa shape index (κ2) is 6.39. The molecule has 0 unspecified atom stereocenters. The van der Waals surface area contributed by atoms with Crippen molar-refractivity contribution in [3.63, 3.8) is 0 Å². The Morgan fingerprint density at radius 3 is 2.88 bits per heavy atom. The summed E-state index contributed by atoms with van der Waals surface area (Å²) in [7, 11) is 1.59. The number of aryl methyl sites for hydroxylation is 1. The van der Waals surface area contributed by atoms with E-state index in [1.165, 1.54) is 4.68 Å². The van der Waals surface area contributed by atoms with Crippen LogP contribution in [0.1, 0.15) is 13.3 Å². The van der Waals surface area contributed by atoms with Crippen LogP contribution in [0.3, 0.4) is 0 Å². The molecule has 17 heavy (non-hydrogen) atoms. The van der Waals surface area contributed by atoms with Crippen molar-refractivity contribution in [3.05, 3.63) is 21.0 Å². The molecule has 0 saturated carbocycles. The van der Waals surface area contributed by atoms with Gasteiger partial charge in [0, 0.05) is 26.6 Å². The van der Waals surface area contributed by atoms with E-state index in [0.717, 1.165) is 0 Å². The molecule has 1 rings (SSSR count). The van der Waals surface area contributed by atoms with E-state index in [1.807, 2.05) is 6.92 Å². The molecule has 0 saturated heterocycles. The van der Waals surface area contributed by atoms with Gasteiger partial charge in [-0.3, -0.25) is 9.59 Å². The molecule has 0 aliphatic carbocycles. The van der Waals surface area contributed by atoms with Gasteiger partial charge in [-0.25, -0.2) is 4.68 Å². The van der Waals surface area contributed by atoms with Crippen LogP contribution in [0.15, 0.2) is 15.5 Å². The number of nitrogens with one attached hydrogen (secondary N) is 2. The average Bonchev–Trinajstić information content (AvgIpc) is 2.34. The smallest absolute Gasteiger partial charge is 0.283 e. The van der Waals surface area contributed by atoms with Crippen molar-refractivity contribution in [2.75, 3.05) is 18.9 Å². The van der Waals surface area contributed by atoms with Crippen LogP contribution in [0, 0.1) is 0 Å². The minimum absolute atomic E-state index is 0.0523. The topological polar surface area (TPSA) is 76.0 Å². The number of amides is 1. The molecule has 0 aliphatic rings. The Labute approximate surface area is 108 Å². The van der Waals surface area contributed by atoms with Crippen LogP contribution in [-0.2, 0) is 11.3 Å². The Morgan fingerprint density at radius 1 is 1.59 bits per heavy atom. The van der Waals surface area contributed by atoms with Gasteiger partial charge >= 0.3 is 0 Å². The second-order valence-electron chi connectivity index (χ2n) is 3.34. The van der Waals surface area contributed by atoms with E-state index in [-0.39, 0.29) is 11.5 Å². The summed E-state index contributed by atoms with van der Waals surface area (Å²) < 4.78 is 1.79. The third kappa shape index (κ3) is 3.55. The first kappa shape index (κ1) is 13.7. The van der Waals surface area contributed by atoms with Gasteiger partial charge in [0.05, 0.1) is 11.9 Å². The van der Waals surface area contributed by atoms with E-state index in [1.54, 1.807) is 13.2 Å². The zero-order chi connectivity index (χ0) is 12.8. The summed E-state index contributed by atoms with van der Waals surface area (Å²) in [6.45, 7) is 2.82. The van der Waals surface area contributed by atoms with E-state index in [4.69, 9.17) is 0 Å². The Hall–Kier alpha value is -1.37. The van der Waals surface area contributed by atoms with Gasteiger partial charge in [-0.05, 0) is 22.9 Å². The molecule has 1 aromatic heterocycles. The number of rotatable bonds is 5. The molecular weight excluding hydrogens is 288 g/mol. The monoisotopic (exact) mass is 302 g/mol. The highest BCUT2D eigenvalue weighted by atomic mass is 79.9. The second-order valence-corrected chi connectivity index (χ2v) is 4.14. The van der Waals surface area contributed by atoms with Crippen LogP contribution in [0.25, 0.3) is 0 Å². The molecule has 0 bridgehead atoms. The lowest BCUT2D eigenvalue weighted by Gasteiger charge is -2.08. The number of anilines is 1. The summed E-state index contributed by atoms with van der Waals surface area (Å²) in [5.41, 5.74) is 0.418. The van der Waals surface area contributed by atoms with E-state index >= 15 is 0 Å². The minimum Gasteiger partial charge on any atom is -0.382 e. The molecule has 0 spiro atoms. The first-order chi connectivity index (χ1) is 8.10. The Balaban J connectivity index is 2.70. The molecule has 0 atom stereocenters. The summed E-state index contributed by atoms with van der Waals surface area (Å²) in [6.07, 6.45) is 1.92. The van der Waals surface area contributed by atoms with Gasteiger partial charge in [-0.15, -0.1) is 0 Å². The largest absolute Gasteiger partial charge is 0.382 e. The molecule has 0 aliphatic heterocycles. The highest BCUT2D eigenvalue weighted by Crippen LogP contribution is 2.15. The van der Waals surface area contributed by atoms with Crippen molar-refractivity contribution >= 4 is 27.5 Å². The summed E-state index contributed by atoms with van der Waals surface area (Å²) in [6, 6.07) is 0.